The van der Waals surface area contributed by atoms with Crippen molar-refractivity contribution in [3.05, 3.63) is 35.4 Å². The highest BCUT2D eigenvalue weighted by Crippen LogP contribution is 2.26. The zero-order chi connectivity index (χ0) is 11.5. The summed E-state index contributed by atoms with van der Waals surface area (Å²) in [5.74, 6) is -0.284. The Labute approximate surface area is 94.9 Å². The molecule has 1 N–H and O–H groups in total. The molecule has 84 valence electrons. The monoisotopic (exact) mass is 217 g/mol. The first-order valence-electron chi connectivity index (χ1n) is 5.60. The fourth-order valence-electron chi connectivity index (χ4n) is 2.04. The average Bonchev–Trinajstić information content (AvgIpc) is 2.28. The number of imide groups is 1. The lowest BCUT2D eigenvalue weighted by Gasteiger charge is -2.21. The third-order valence-corrected chi connectivity index (χ3v) is 3.00. The number of amides is 2. The van der Waals surface area contributed by atoms with E-state index in [9.17, 15) is 9.59 Å². The molecule has 1 saturated heterocycles. The number of carbonyl (C=O) groups excluding carboxylic acids is 2. The van der Waals surface area contributed by atoms with Crippen molar-refractivity contribution in [3.63, 3.8) is 0 Å². The second-order valence-corrected chi connectivity index (χ2v) is 4.17. The summed E-state index contributed by atoms with van der Waals surface area (Å²) < 4.78 is 0. The van der Waals surface area contributed by atoms with E-state index < -0.39 is 0 Å². The molecule has 0 aliphatic carbocycles. The van der Waals surface area contributed by atoms with Crippen LogP contribution in [0.5, 0.6) is 0 Å². The van der Waals surface area contributed by atoms with Gasteiger partial charge in [0, 0.05) is 18.8 Å². The van der Waals surface area contributed by atoms with Crippen molar-refractivity contribution in [2.24, 2.45) is 0 Å². The lowest BCUT2D eigenvalue weighted by Crippen LogP contribution is -2.37. The molecule has 0 bridgehead atoms. The molecule has 1 aliphatic heterocycles. The van der Waals surface area contributed by atoms with Gasteiger partial charge in [0.05, 0.1) is 0 Å². The Balaban J connectivity index is 2.16. The minimum absolute atomic E-state index is 0.0483. The molecule has 3 heteroatoms. The van der Waals surface area contributed by atoms with Crippen molar-refractivity contribution in [2.45, 2.75) is 32.1 Å². The number of benzene rings is 1. The number of hydrogen-bond donors (Lipinski definition) is 1. The van der Waals surface area contributed by atoms with E-state index in [0.717, 1.165) is 12.0 Å². The number of nitrogens with one attached hydrogen (secondary N) is 1. The maximum atomic E-state index is 11.2. The highest BCUT2D eigenvalue weighted by Gasteiger charge is 2.25. The lowest BCUT2D eigenvalue weighted by atomic mass is 9.89. The zero-order valence-electron chi connectivity index (χ0n) is 9.32. The van der Waals surface area contributed by atoms with Crippen LogP contribution < -0.4 is 5.32 Å². The molecule has 2 amide bonds. The maximum absolute atomic E-state index is 11.2. The Hall–Kier alpha value is -1.64. The predicted molar refractivity (Wildman–Crippen MR) is 60.9 cm³/mol. The Morgan fingerprint density at radius 3 is 2.19 bits per heavy atom. The lowest BCUT2D eigenvalue weighted by molar-refractivity contribution is -0.133. The van der Waals surface area contributed by atoms with Gasteiger partial charge < -0.3 is 0 Å². The van der Waals surface area contributed by atoms with E-state index in [4.69, 9.17) is 0 Å². The number of piperidine rings is 1. The fourth-order valence-corrected chi connectivity index (χ4v) is 2.04. The second kappa shape index (κ2) is 4.47. The molecule has 0 atom stereocenters. The van der Waals surface area contributed by atoms with Crippen LogP contribution in [-0.4, -0.2) is 11.8 Å². The smallest absolute Gasteiger partial charge is 0.227 e. The molecule has 0 unspecified atom stereocenters. The topological polar surface area (TPSA) is 46.2 Å². The van der Waals surface area contributed by atoms with Crippen LogP contribution >= 0.6 is 0 Å². The molecule has 0 aromatic heterocycles. The number of hydrogen-bond acceptors (Lipinski definition) is 2. The Bertz CT molecular complexity index is 392. The second-order valence-electron chi connectivity index (χ2n) is 4.17. The van der Waals surface area contributed by atoms with Crippen LogP contribution in [0.4, 0.5) is 0 Å². The molecule has 1 heterocycles. The van der Waals surface area contributed by atoms with E-state index in [1.165, 1.54) is 5.56 Å². The summed E-state index contributed by atoms with van der Waals surface area (Å²) in [6.45, 7) is 2.10. The van der Waals surface area contributed by atoms with Gasteiger partial charge in [-0.15, -0.1) is 0 Å². The van der Waals surface area contributed by atoms with Crippen molar-refractivity contribution in [1.82, 2.24) is 5.32 Å². The summed E-state index contributed by atoms with van der Waals surface area (Å²) >= 11 is 0. The van der Waals surface area contributed by atoms with Gasteiger partial charge in [-0.25, -0.2) is 0 Å². The Morgan fingerprint density at radius 1 is 1.12 bits per heavy atom. The van der Waals surface area contributed by atoms with Crippen molar-refractivity contribution < 1.29 is 9.59 Å². The summed E-state index contributed by atoms with van der Waals surface area (Å²) in [6.07, 6.45) is 1.83. The van der Waals surface area contributed by atoms with Crippen molar-refractivity contribution in [3.8, 4) is 0 Å². The summed E-state index contributed by atoms with van der Waals surface area (Å²) in [6, 6.07) is 8.17. The van der Waals surface area contributed by atoms with E-state index in [1.807, 2.05) is 12.1 Å². The molecule has 2 rings (SSSR count). The fraction of sp³-hybridized carbons (Fsp3) is 0.385. The molecule has 16 heavy (non-hydrogen) atoms. The normalized spacial score (nSPS) is 17.3. The van der Waals surface area contributed by atoms with Crippen molar-refractivity contribution in [2.75, 3.05) is 0 Å². The minimum Gasteiger partial charge on any atom is -0.296 e. The van der Waals surface area contributed by atoms with Gasteiger partial charge >= 0.3 is 0 Å². The van der Waals surface area contributed by atoms with E-state index in [2.05, 4.69) is 24.4 Å². The van der Waals surface area contributed by atoms with Crippen LogP contribution in [0.15, 0.2) is 24.3 Å². The van der Waals surface area contributed by atoms with Crippen molar-refractivity contribution in [1.29, 1.82) is 0 Å². The third-order valence-electron chi connectivity index (χ3n) is 3.00. The van der Waals surface area contributed by atoms with Crippen LogP contribution in [-0.2, 0) is 16.0 Å². The quantitative estimate of drug-likeness (QED) is 0.767. The van der Waals surface area contributed by atoms with E-state index in [-0.39, 0.29) is 17.7 Å². The van der Waals surface area contributed by atoms with Crippen LogP contribution in [0.25, 0.3) is 0 Å². The number of carbonyl (C=O) groups is 2. The molecule has 1 fully saturated rings. The standard InChI is InChI=1S/C13H15NO2/c1-2-9-3-5-10(6-4-9)11-7-12(15)14-13(16)8-11/h3-6,11H,2,7-8H2,1H3,(H,14,15,16). The van der Waals surface area contributed by atoms with Gasteiger partial charge in [-0.2, -0.15) is 0 Å². The summed E-state index contributed by atoms with van der Waals surface area (Å²) in [4.78, 5) is 22.5. The van der Waals surface area contributed by atoms with Gasteiger partial charge in [-0.1, -0.05) is 31.2 Å². The molecular formula is C13H15NO2. The van der Waals surface area contributed by atoms with Gasteiger partial charge in [-0.3, -0.25) is 14.9 Å². The molecule has 0 saturated carbocycles. The average molecular weight is 217 g/mol. The zero-order valence-corrected chi connectivity index (χ0v) is 9.32. The van der Waals surface area contributed by atoms with Crippen LogP contribution in [0, 0.1) is 0 Å². The van der Waals surface area contributed by atoms with Gasteiger partial charge in [-0.05, 0) is 17.5 Å². The van der Waals surface area contributed by atoms with Crippen LogP contribution in [0.1, 0.15) is 36.8 Å². The molecule has 3 nitrogen and oxygen atoms in total. The largest absolute Gasteiger partial charge is 0.296 e. The number of aryl methyl sites for hydroxylation is 1. The van der Waals surface area contributed by atoms with Crippen molar-refractivity contribution >= 4 is 11.8 Å². The number of rotatable bonds is 2. The van der Waals surface area contributed by atoms with Gasteiger partial charge in [0.15, 0.2) is 0 Å². The van der Waals surface area contributed by atoms with Crippen LogP contribution in [0.3, 0.4) is 0 Å². The highest BCUT2D eigenvalue weighted by molar-refractivity contribution is 5.98. The molecule has 1 aliphatic rings. The van der Waals surface area contributed by atoms with Gasteiger partial charge in [0.2, 0.25) is 11.8 Å². The first-order chi connectivity index (χ1) is 7.69. The first-order valence-corrected chi connectivity index (χ1v) is 5.60. The molecule has 1 aromatic carbocycles. The predicted octanol–water partition coefficient (Wildman–Crippen LogP) is 1.77. The van der Waals surface area contributed by atoms with E-state index in [1.54, 1.807) is 0 Å². The summed E-state index contributed by atoms with van der Waals surface area (Å²) in [5, 5.41) is 2.32. The molecule has 0 spiro atoms. The highest BCUT2D eigenvalue weighted by atomic mass is 16.2. The maximum Gasteiger partial charge on any atom is 0.227 e. The minimum atomic E-state index is -0.166. The first kappa shape index (κ1) is 10.9. The molecule has 1 aromatic rings. The van der Waals surface area contributed by atoms with Gasteiger partial charge in [0.25, 0.3) is 0 Å². The Kier molecular flexibility index (Phi) is 3.04. The molecular weight excluding hydrogens is 202 g/mol. The van der Waals surface area contributed by atoms with E-state index >= 15 is 0 Å². The summed E-state index contributed by atoms with van der Waals surface area (Å²) in [5.41, 5.74) is 2.36. The van der Waals surface area contributed by atoms with Gasteiger partial charge in [0.1, 0.15) is 0 Å². The third kappa shape index (κ3) is 2.30. The van der Waals surface area contributed by atoms with Crippen LogP contribution in [0.2, 0.25) is 0 Å². The Morgan fingerprint density at radius 2 is 1.69 bits per heavy atom. The molecule has 0 radical (unpaired) electrons. The SMILES string of the molecule is CCc1ccc(C2CC(=O)NC(=O)C2)cc1. The van der Waals surface area contributed by atoms with E-state index in [0.29, 0.717) is 12.8 Å². The summed E-state index contributed by atoms with van der Waals surface area (Å²) in [7, 11) is 0.